The second-order valence-electron chi connectivity index (χ2n) is 4.77. The highest BCUT2D eigenvalue weighted by Gasteiger charge is 2.11. The molecule has 0 aliphatic carbocycles. The lowest BCUT2D eigenvalue weighted by molar-refractivity contribution is 0.215. The van der Waals surface area contributed by atoms with Crippen molar-refractivity contribution in [3.8, 4) is 0 Å². The molecule has 0 aliphatic rings. The van der Waals surface area contributed by atoms with Gasteiger partial charge in [-0.3, -0.25) is 4.98 Å². The van der Waals surface area contributed by atoms with Gasteiger partial charge in [-0.2, -0.15) is 0 Å². The van der Waals surface area contributed by atoms with Crippen LogP contribution in [0.25, 0.3) is 10.8 Å². The SMILES string of the molecule is Cc1ccc(C(O)c2ccc3ccccc3c2)nc1. The van der Waals surface area contributed by atoms with Crippen LogP contribution in [-0.2, 0) is 0 Å². The monoisotopic (exact) mass is 249 g/mol. The molecule has 2 heteroatoms. The number of aryl methyl sites for hydroxylation is 1. The zero-order valence-electron chi connectivity index (χ0n) is 10.7. The molecule has 0 amide bonds. The predicted molar refractivity (Wildman–Crippen MR) is 77.0 cm³/mol. The van der Waals surface area contributed by atoms with Crippen LogP contribution in [0.15, 0.2) is 60.8 Å². The van der Waals surface area contributed by atoms with Crippen LogP contribution in [0.1, 0.15) is 22.9 Å². The van der Waals surface area contributed by atoms with Gasteiger partial charge < -0.3 is 5.11 Å². The van der Waals surface area contributed by atoms with Gasteiger partial charge in [0.15, 0.2) is 0 Å². The van der Waals surface area contributed by atoms with Crippen LogP contribution in [0.3, 0.4) is 0 Å². The molecule has 1 heterocycles. The van der Waals surface area contributed by atoms with E-state index in [1.54, 1.807) is 6.20 Å². The number of hydrogen-bond donors (Lipinski definition) is 1. The van der Waals surface area contributed by atoms with E-state index < -0.39 is 6.10 Å². The Hall–Kier alpha value is -2.19. The summed E-state index contributed by atoms with van der Waals surface area (Å²) in [5.74, 6) is 0. The fourth-order valence-electron chi connectivity index (χ4n) is 2.19. The summed E-state index contributed by atoms with van der Waals surface area (Å²) in [5, 5.41) is 12.7. The van der Waals surface area contributed by atoms with E-state index in [1.165, 1.54) is 5.39 Å². The highest BCUT2D eigenvalue weighted by Crippen LogP contribution is 2.24. The molecule has 0 fully saturated rings. The van der Waals surface area contributed by atoms with Crippen molar-refractivity contribution in [3.63, 3.8) is 0 Å². The van der Waals surface area contributed by atoms with Crippen LogP contribution in [0, 0.1) is 6.92 Å². The maximum atomic E-state index is 10.4. The summed E-state index contributed by atoms with van der Waals surface area (Å²) >= 11 is 0. The van der Waals surface area contributed by atoms with Crippen molar-refractivity contribution in [2.75, 3.05) is 0 Å². The molecular formula is C17H15NO. The smallest absolute Gasteiger partial charge is 0.121 e. The van der Waals surface area contributed by atoms with Crippen molar-refractivity contribution >= 4 is 10.8 Å². The topological polar surface area (TPSA) is 33.1 Å². The zero-order chi connectivity index (χ0) is 13.2. The molecule has 2 aromatic carbocycles. The van der Waals surface area contributed by atoms with Gasteiger partial charge in [-0.05, 0) is 41.0 Å². The van der Waals surface area contributed by atoms with E-state index in [4.69, 9.17) is 0 Å². The Labute approximate surface area is 112 Å². The summed E-state index contributed by atoms with van der Waals surface area (Å²) in [6, 6.07) is 18.0. The molecule has 19 heavy (non-hydrogen) atoms. The minimum absolute atomic E-state index is 0.676. The summed E-state index contributed by atoms with van der Waals surface area (Å²) in [6.45, 7) is 1.99. The van der Waals surface area contributed by atoms with Gasteiger partial charge in [0.25, 0.3) is 0 Å². The van der Waals surface area contributed by atoms with Crippen molar-refractivity contribution in [2.45, 2.75) is 13.0 Å². The molecule has 0 bridgehead atoms. The second kappa shape index (κ2) is 4.82. The van der Waals surface area contributed by atoms with Gasteiger partial charge in [-0.15, -0.1) is 0 Å². The molecule has 0 saturated heterocycles. The van der Waals surface area contributed by atoms with E-state index in [-0.39, 0.29) is 0 Å². The Morgan fingerprint density at radius 3 is 2.47 bits per heavy atom. The third kappa shape index (κ3) is 2.35. The number of aromatic nitrogens is 1. The fourth-order valence-corrected chi connectivity index (χ4v) is 2.19. The Bertz CT molecular complexity index is 704. The molecule has 0 saturated carbocycles. The average molecular weight is 249 g/mol. The van der Waals surface area contributed by atoms with Crippen LogP contribution in [0.2, 0.25) is 0 Å². The maximum absolute atomic E-state index is 10.4. The third-order valence-corrected chi connectivity index (χ3v) is 3.30. The summed E-state index contributed by atoms with van der Waals surface area (Å²) in [4.78, 5) is 4.28. The van der Waals surface area contributed by atoms with Gasteiger partial charge in [0.1, 0.15) is 6.10 Å². The van der Waals surface area contributed by atoms with Gasteiger partial charge >= 0.3 is 0 Å². The van der Waals surface area contributed by atoms with E-state index in [0.29, 0.717) is 5.69 Å². The fraction of sp³-hybridized carbons (Fsp3) is 0.118. The van der Waals surface area contributed by atoms with Crippen LogP contribution < -0.4 is 0 Å². The van der Waals surface area contributed by atoms with Gasteiger partial charge in [0.05, 0.1) is 5.69 Å². The number of pyridine rings is 1. The number of fused-ring (bicyclic) bond motifs is 1. The quantitative estimate of drug-likeness (QED) is 0.752. The van der Waals surface area contributed by atoms with E-state index in [9.17, 15) is 5.11 Å². The summed E-state index contributed by atoms with van der Waals surface area (Å²) in [6.07, 6.45) is 1.10. The van der Waals surface area contributed by atoms with Crippen LogP contribution >= 0.6 is 0 Å². The van der Waals surface area contributed by atoms with Crippen molar-refractivity contribution in [3.05, 3.63) is 77.6 Å². The van der Waals surface area contributed by atoms with Crippen LogP contribution in [0.5, 0.6) is 0 Å². The molecule has 2 nitrogen and oxygen atoms in total. The lowest BCUT2D eigenvalue weighted by Crippen LogP contribution is -2.02. The van der Waals surface area contributed by atoms with Crippen LogP contribution in [0.4, 0.5) is 0 Å². The molecule has 3 rings (SSSR count). The average Bonchev–Trinajstić information content (AvgIpc) is 2.47. The number of rotatable bonds is 2. The first-order valence-corrected chi connectivity index (χ1v) is 6.33. The Morgan fingerprint density at radius 2 is 1.74 bits per heavy atom. The predicted octanol–water partition coefficient (Wildman–Crippen LogP) is 3.62. The first kappa shape index (κ1) is 11.9. The molecule has 0 radical (unpaired) electrons. The number of benzene rings is 2. The highest BCUT2D eigenvalue weighted by atomic mass is 16.3. The normalized spacial score (nSPS) is 12.5. The van der Waals surface area contributed by atoms with E-state index in [0.717, 1.165) is 16.5 Å². The Balaban J connectivity index is 2.01. The number of nitrogens with zero attached hydrogens (tertiary/aromatic N) is 1. The van der Waals surface area contributed by atoms with Crippen LogP contribution in [-0.4, -0.2) is 10.1 Å². The molecule has 3 aromatic rings. The van der Waals surface area contributed by atoms with Crippen molar-refractivity contribution in [1.82, 2.24) is 4.98 Å². The Morgan fingerprint density at radius 1 is 0.947 bits per heavy atom. The molecular weight excluding hydrogens is 234 g/mol. The number of hydrogen-bond acceptors (Lipinski definition) is 2. The zero-order valence-corrected chi connectivity index (χ0v) is 10.7. The standard InChI is InChI=1S/C17H15NO/c1-12-6-9-16(18-11-12)17(19)15-8-7-13-4-2-3-5-14(13)10-15/h2-11,17,19H,1H3. The molecule has 94 valence electrons. The van der Waals surface area contributed by atoms with Gasteiger partial charge in [0.2, 0.25) is 0 Å². The summed E-state index contributed by atoms with van der Waals surface area (Å²) < 4.78 is 0. The summed E-state index contributed by atoms with van der Waals surface area (Å²) in [5.41, 5.74) is 2.64. The number of aliphatic hydroxyl groups is 1. The molecule has 1 N–H and O–H groups in total. The van der Waals surface area contributed by atoms with Gasteiger partial charge in [-0.1, -0.05) is 42.5 Å². The van der Waals surface area contributed by atoms with Crippen molar-refractivity contribution in [2.24, 2.45) is 0 Å². The van der Waals surface area contributed by atoms with Crippen molar-refractivity contribution < 1.29 is 5.11 Å². The summed E-state index contributed by atoms with van der Waals surface area (Å²) in [7, 11) is 0. The molecule has 0 aliphatic heterocycles. The van der Waals surface area contributed by atoms with Gasteiger partial charge in [0, 0.05) is 6.20 Å². The van der Waals surface area contributed by atoms with E-state index >= 15 is 0 Å². The van der Waals surface area contributed by atoms with E-state index in [1.807, 2.05) is 55.5 Å². The molecule has 1 atom stereocenters. The lowest BCUT2D eigenvalue weighted by Gasteiger charge is -2.11. The maximum Gasteiger partial charge on any atom is 0.121 e. The molecule has 1 aromatic heterocycles. The molecule has 0 spiro atoms. The molecule has 1 unspecified atom stereocenters. The first-order valence-electron chi connectivity index (χ1n) is 6.33. The first-order chi connectivity index (χ1) is 9.24. The second-order valence-corrected chi connectivity index (χ2v) is 4.77. The lowest BCUT2D eigenvalue weighted by atomic mass is 10.0. The van der Waals surface area contributed by atoms with Crippen molar-refractivity contribution in [1.29, 1.82) is 0 Å². The minimum Gasteiger partial charge on any atom is -0.382 e. The van der Waals surface area contributed by atoms with E-state index in [2.05, 4.69) is 11.1 Å². The minimum atomic E-state index is -0.676. The number of aliphatic hydroxyl groups excluding tert-OH is 1. The third-order valence-electron chi connectivity index (χ3n) is 3.30. The van der Waals surface area contributed by atoms with Gasteiger partial charge in [-0.25, -0.2) is 0 Å². The largest absolute Gasteiger partial charge is 0.382 e. The Kier molecular flexibility index (Phi) is 3.02. The highest BCUT2D eigenvalue weighted by molar-refractivity contribution is 5.83.